The molecular formula is C13H21N5O2. The number of rotatable bonds is 5. The van der Waals surface area contributed by atoms with Crippen LogP contribution in [-0.2, 0) is 0 Å². The molecule has 0 saturated carbocycles. The van der Waals surface area contributed by atoms with Crippen LogP contribution in [-0.4, -0.2) is 34.5 Å². The van der Waals surface area contributed by atoms with Crippen molar-refractivity contribution in [1.82, 2.24) is 9.97 Å². The second-order valence-corrected chi connectivity index (χ2v) is 5.05. The minimum Gasteiger partial charge on any atom is -0.354 e. The van der Waals surface area contributed by atoms with Crippen LogP contribution in [0.1, 0.15) is 33.1 Å². The second-order valence-electron chi connectivity index (χ2n) is 5.05. The monoisotopic (exact) mass is 279 g/mol. The topological polar surface area (TPSA) is 84.2 Å². The zero-order valence-electron chi connectivity index (χ0n) is 12.0. The molecule has 20 heavy (non-hydrogen) atoms. The minimum absolute atomic E-state index is 0.0107. The highest BCUT2D eigenvalue weighted by atomic mass is 16.6. The number of nitrogens with one attached hydrogen (secondary N) is 1. The van der Waals surface area contributed by atoms with E-state index in [0.717, 1.165) is 25.9 Å². The molecule has 0 radical (unpaired) electrons. The van der Waals surface area contributed by atoms with Gasteiger partial charge in [-0.1, -0.05) is 13.3 Å². The lowest BCUT2D eigenvalue weighted by atomic mass is 9.96. The Bertz CT molecular complexity index is 480. The van der Waals surface area contributed by atoms with Gasteiger partial charge in [0.2, 0.25) is 11.8 Å². The van der Waals surface area contributed by atoms with Crippen LogP contribution in [0, 0.1) is 16.0 Å². The highest BCUT2D eigenvalue weighted by molar-refractivity contribution is 5.59. The Labute approximate surface area is 118 Å². The van der Waals surface area contributed by atoms with Crippen LogP contribution in [0.4, 0.5) is 17.5 Å². The first-order valence-electron chi connectivity index (χ1n) is 7.16. The maximum Gasteiger partial charge on any atom is 0.329 e. The van der Waals surface area contributed by atoms with Gasteiger partial charge in [0.15, 0.2) is 0 Å². The quantitative estimate of drug-likeness (QED) is 0.658. The summed E-state index contributed by atoms with van der Waals surface area (Å²) >= 11 is 0. The number of hydrogen-bond acceptors (Lipinski definition) is 6. The fourth-order valence-corrected chi connectivity index (χ4v) is 2.56. The molecule has 2 rings (SSSR count). The third kappa shape index (κ3) is 3.15. The SMILES string of the molecule is CCNc1ncc([N+](=O)[O-])c(N2CCCC(CC)C2)n1. The number of anilines is 2. The maximum atomic E-state index is 11.2. The van der Waals surface area contributed by atoms with Gasteiger partial charge in [0, 0.05) is 19.6 Å². The molecule has 110 valence electrons. The molecule has 1 aliphatic heterocycles. The Morgan fingerprint density at radius 2 is 2.35 bits per heavy atom. The zero-order valence-corrected chi connectivity index (χ0v) is 12.0. The van der Waals surface area contributed by atoms with Crippen LogP contribution in [0.3, 0.4) is 0 Å². The molecule has 0 bridgehead atoms. The van der Waals surface area contributed by atoms with Crippen molar-refractivity contribution in [2.75, 3.05) is 29.9 Å². The highest BCUT2D eigenvalue weighted by Crippen LogP contribution is 2.30. The van der Waals surface area contributed by atoms with Gasteiger partial charge in [-0.2, -0.15) is 4.98 Å². The van der Waals surface area contributed by atoms with Crippen molar-refractivity contribution < 1.29 is 4.92 Å². The van der Waals surface area contributed by atoms with Crippen molar-refractivity contribution in [3.63, 3.8) is 0 Å². The van der Waals surface area contributed by atoms with Crippen molar-refractivity contribution in [1.29, 1.82) is 0 Å². The summed E-state index contributed by atoms with van der Waals surface area (Å²) in [6, 6.07) is 0. The number of piperidine rings is 1. The van der Waals surface area contributed by atoms with Crippen LogP contribution in [0.2, 0.25) is 0 Å². The molecule has 0 aliphatic carbocycles. The Morgan fingerprint density at radius 3 is 3.00 bits per heavy atom. The van der Waals surface area contributed by atoms with Crippen molar-refractivity contribution in [3.8, 4) is 0 Å². The predicted octanol–water partition coefficient (Wildman–Crippen LogP) is 2.44. The van der Waals surface area contributed by atoms with E-state index in [0.29, 0.717) is 24.2 Å². The molecule has 0 aromatic carbocycles. The van der Waals surface area contributed by atoms with Gasteiger partial charge in [0.1, 0.15) is 6.20 Å². The third-order valence-corrected chi connectivity index (χ3v) is 3.68. The summed E-state index contributed by atoms with van der Waals surface area (Å²) in [5.41, 5.74) is -0.0107. The van der Waals surface area contributed by atoms with Crippen LogP contribution < -0.4 is 10.2 Å². The van der Waals surface area contributed by atoms with Gasteiger partial charge in [0.05, 0.1) is 4.92 Å². The van der Waals surface area contributed by atoms with E-state index in [-0.39, 0.29) is 5.69 Å². The molecule has 1 fully saturated rings. The van der Waals surface area contributed by atoms with Gasteiger partial charge < -0.3 is 10.2 Å². The Balaban J connectivity index is 2.31. The van der Waals surface area contributed by atoms with Crippen LogP contribution >= 0.6 is 0 Å². The van der Waals surface area contributed by atoms with E-state index in [9.17, 15) is 10.1 Å². The van der Waals surface area contributed by atoms with E-state index in [1.165, 1.54) is 12.6 Å². The average Bonchev–Trinajstić information content (AvgIpc) is 2.47. The number of aromatic nitrogens is 2. The largest absolute Gasteiger partial charge is 0.354 e. The predicted molar refractivity (Wildman–Crippen MR) is 78.1 cm³/mol. The Morgan fingerprint density at radius 1 is 1.55 bits per heavy atom. The number of nitro groups is 1. The maximum absolute atomic E-state index is 11.2. The number of nitrogens with zero attached hydrogens (tertiary/aromatic N) is 4. The Kier molecular flexibility index (Phi) is 4.70. The van der Waals surface area contributed by atoms with Gasteiger partial charge in [-0.05, 0) is 25.7 Å². The van der Waals surface area contributed by atoms with E-state index in [2.05, 4.69) is 22.2 Å². The molecule has 1 aromatic rings. The molecule has 1 aromatic heterocycles. The summed E-state index contributed by atoms with van der Waals surface area (Å²) < 4.78 is 0. The van der Waals surface area contributed by atoms with Crippen molar-refractivity contribution in [3.05, 3.63) is 16.3 Å². The summed E-state index contributed by atoms with van der Waals surface area (Å²) in [5.74, 6) is 1.48. The van der Waals surface area contributed by atoms with Crippen molar-refractivity contribution >= 4 is 17.5 Å². The lowest BCUT2D eigenvalue weighted by molar-refractivity contribution is -0.384. The van der Waals surface area contributed by atoms with Gasteiger partial charge in [-0.15, -0.1) is 0 Å². The van der Waals surface area contributed by atoms with Gasteiger partial charge >= 0.3 is 5.69 Å². The summed E-state index contributed by atoms with van der Waals surface area (Å²) in [6.45, 7) is 6.44. The average molecular weight is 279 g/mol. The van der Waals surface area contributed by atoms with E-state index in [1.54, 1.807) is 0 Å². The van der Waals surface area contributed by atoms with Crippen molar-refractivity contribution in [2.45, 2.75) is 33.1 Å². The van der Waals surface area contributed by atoms with E-state index in [4.69, 9.17) is 0 Å². The molecule has 1 aliphatic rings. The Hall–Kier alpha value is -1.92. The lowest BCUT2D eigenvalue weighted by Crippen LogP contribution is -2.36. The zero-order chi connectivity index (χ0) is 14.5. The van der Waals surface area contributed by atoms with Crippen LogP contribution in [0.25, 0.3) is 0 Å². The van der Waals surface area contributed by atoms with E-state index >= 15 is 0 Å². The summed E-state index contributed by atoms with van der Waals surface area (Å²) in [5, 5.41) is 14.2. The van der Waals surface area contributed by atoms with Crippen LogP contribution in [0.15, 0.2) is 6.20 Å². The molecule has 2 heterocycles. The summed E-state index contributed by atoms with van der Waals surface area (Å²) in [7, 11) is 0. The van der Waals surface area contributed by atoms with Crippen molar-refractivity contribution in [2.24, 2.45) is 5.92 Å². The molecule has 1 atom stereocenters. The molecule has 1 saturated heterocycles. The van der Waals surface area contributed by atoms with Gasteiger partial charge in [-0.25, -0.2) is 4.98 Å². The molecular weight excluding hydrogens is 258 g/mol. The first-order valence-corrected chi connectivity index (χ1v) is 7.16. The highest BCUT2D eigenvalue weighted by Gasteiger charge is 2.27. The molecule has 0 spiro atoms. The molecule has 1 N–H and O–H groups in total. The first-order chi connectivity index (χ1) is 9.65. The smallest absolute Gasteiger partial charge is 0.329 e. The fourth-order valence-electron chi connectivity index (χ4n) is 2.56. The lowest BCUT2D eigenvalue weighted by Gasteiger charge is -2.32. The minimum atomic E-state index is -0.402. The third-order valence-electron chi connectivity index (χ3n) is 3.68. The second kappa shape index (κ2) is 6.49. The van der Waals surface area contributed by atoms with E-state index < -0.39 is 4.92 Å². The normalized spacial score (nSPS) is 18.9. The van der Waals surface area contributed by atoms with Gasteiger partial charge in [-0.3, -0.25) is 10.1 Å². The van der Waals surface area contributed by atoms with E-state index in [1.807, 2.05) is 11.8 Å². The first kappa shape index (κ1) is 14.5. The summed E-state index contributed by atoms with van der Waals surface area (Å²) in [4.78, 5) is 21.1. The van der Waals surface area contributed by atoms with Gasteiger partial charge in [0.25, 0.3) is 0 Å². The molecule has 7 heteroatoms. The molecule has 7 nitrogen and oxygen atoms in total. The van der Waals surface area contributed by atoms with Crippen LogP contribution in [0.5, 0.6) is 0 Å². The fraction of sp³-hybridized carbons (Fsp3) is 0.692. The molecule has 0 amide bonds. The molecule has 1 unspecified atom stereocenters. The summed E-state index contributed by atoms with van der Waals surface area (Å²) in [6.07, 6.45) is 4.63. The number of hydrogen-bond donors (Lipinski definition) is 1. The standard InChI is InChI=1S/C13H21N5O2/c1-3-10-6-5-7-17(9-10)12-11(18(19)20)8-15-13(16-12)14-4-2/h8,10H,3-7,9H2,1-2H3,(H,14,15,16).